The van der Waals surface area contributed by atoms with Gasteiger partial charge < -0.3 is 5.11 Å². The van der Waals surface area contributed by atoms with E-state index in [9.17, 15) is 13.4 Å². The molecule has 21 heavy (non-hydrogen) atoms. The van der Waals surface area contributed by atoms with Crippen molar-refractivity contribution in [2.45, 2.75) is 10.6 Å². The Labute approximate surface area is 132 Å². The first-order chi connectivity index (χ1) is 9.88. The molecule has 7 heteroatoms. The first-order valence-electron chi connectivity index (χ1n) is 5.73. The van der Waals surface area contributed by atoms with Crippen LogP contribution in [0.3, 0.4) is 0 Å². The molecule has 0 aliphatic heterocycles. The number of hydrogen-bond donors (Lipinski definition) is 1. The van der Waals surface area contributed by atoms with E-state index in [0.717, 1.165) is 0 Å². The molecule has 0 bridgehead atoms. The Morgan fingerprint density at radius 2 is 1.81 bits per heavy atom. The highest BCUT2D eigenvalue weighted by atomic mass is 35.5. The van der Waals surface area contributed by atoms with Gasteiger partial charge in [0.15, 0.2) is 0 Å². The van der Waals surface area contributed by atoms with Gasteiger partial charge in [0.05, 0.1) is 32.2 Å². The van der Waals surface area contributed by atoms with Gasteiger partial charge in [-0.15, -0.1) is 0 Å². The summed E-state index contributed by atoms with van der Waals surface area (Å²) in [5.74, 6) is -1.74. The Kier molecular flexibility index (Phi) is 4.98. The standard InChI is InChI=1S/C14H9Cl2FO3S/c15-11-4-2-9(6-10(11)14(18)19)21(20)7-8-1-3-12(16)13(17)5-8/h1-6H,7H2,(H,18,19). The number of hydrogen-bond acceptors (Lipinski definition) is 2. The second-order valence-corrected chi connectivity index (χ2v) is 6.45. The van der Waals surface area contributed by atoms with E-state index < -0.39 is 22.6 Å². The van der Waals surface area contributed by atoms with Crippen molar-refractivity contribution in [3.63, 3.8) is 0 Å². The number of benzene rings is 2. The lowest BCUT2D eigenvalue weighted by Gasteiger charge is -2.06. The van der Waals surface area contributed by atoms with Crippen molar-refractivity contribution in [1.82, 2.24) is 0 Å². The number of halogens is 3. The SMILES string of the molecule is O=C(O)c1cc(S(=O)Cc2ccc(Cl)c(F)c2)ccc1Cl. The van der Waals surface area contributed by atoms with Gasteiger partial charge >= 0.3 is 5.97 Å². The summed E-state index contributed by atoms with van der Waals surface area (Å²) in [5, 5.41) is 9.04. The molecule has 1 atom stereocenters. The number of rotatable bonds is 4. The third-order valence-electron chi connectivity index (χ3n) is 2.71. The van der Waals surface area contributed by atoms with Crippen LogP contribution in [-0.4, -0.2) is 15.3 Å². The van der Waals surface area contributed by atoms with Gasteiger partial charge in [0, 0.05) is 4.90 Å². The zero-order valence-electron chi connectivity index (χ0n) is 10.5. The first kappa shape index (κ1) is 15.9. The van der Waals surface area contributed by atoms with Crippen molar-refractivity contribution in [3.8, 4) is 0 Å². The second kappa shape index (κ2) is 6.56. The van der Waals surface area contributed by atoms with E-state index >= 15 is 0 Å². The highest BCUT2D eigenvalue weighted by Crippen LogP contribution is 2.22. The maximum absolute atomic E-state index is 13.3. The molecule has 0 amide bonds. The molecule has 2 aromatic carbocycles. The molecular weight excluding hydrogens is 338 g/mol. The Hall–Kier alpha value is -1.43. The summed E-state index contributed by atoms with van der Waals surface area (Å²) in [7, 11) is -1.52. The molecule has 3 nitrogen and oxygen atoms in total. The molecular formula is C14H9Cl2FO3S. The van der Waals surface area contributed by atoms with E-state index in [1.165, 1.54) is 30.3 Å². The van der Waals surface area contributed by atoms with Crippen LogP contribution in [0.25, 0.3) is 0 Å². The summed E-state index contributed by atoms with van der Waals surface area (Å²) in [5.41, 5.74) is 0.381. The predicted octanol–water partition coefficient (Wildman–Crippen LogP) is 4.14. The van der Waals surface area contributed by atoms with Crippen molar-refractivity contribution in [1.29, 1.82) is 0 Å². The van der Waals surface area contributed by atoms with Gasteiger partial charge in [-0.2, -0.15) is 0 Å². The van der Waals surface area contributed by atoms with E-state index in [0.29, 0.717) is 10.5 Å². The molecule has 1 N–H and O–H groups in total. The van der Waals surface area contributed by atoms with E-state index in [-0.39, 0.29) is 21.4 Å². The summed E-state index contributed by atoms with van der Waals surface area (Å²) in [4.78, 5) is 11.3. The molecule has 0 radical (unpaired) electrons. The number of carboxylic acid groups (broad SMARTS) is 1. The lowest BCUT2D eigenvalue weighted by molar-refractivity contribution is 0.0697. The van der Waals surface area contributed by atoms with Crippen LogP contribution >= 0.6 is 23.2 Å². The van der Waals surface area contributed by atoms with Gasteiger partial charge in [0.2, 0.25) is 0 Å². The van der Waals surface area contributed by atoms with E-state index in [2.05, 4.69) is 0 Å². The quantitative estimate of drug-likeness (QED) is 0.904. The Morgan fingerprint density at radius 1 is 1.14 bits per heavy atom. The fourth-order valence-corrected chi connectivity index (χ4v) is 3.11. The normalized spacial score (nSPS) is 12.1. The third kappa shape index (κ3) is 3.81. The molecule has 2 aromatic rings. The number of carbonyl (C=O) groups is 1. The fourth-order valence-electron chi connectivity index (χ4n) is 1.67. The average molecular weight is 347 g/mol. The maximum Gasteiger partial charge on any atom is 0.337 e. The highest BCUT2D eigenvalue weighted by molar-refractivity contribution is 7.84. The summed E-state index contributed by atoms with van der Waals surface area (Å²) < 4.78 is 25.5. The van der Waals surface area contributed by atoms with Crippen LogP contribution in [0.4, 0.5) is 4.39 Å². The lowest BCUT2D eigenvalue weighted by atomic mass is 10.2. The third-order valence-corrected chi connectivity index (χ3v) is 4.72. The van der Waals surface area contributed by atoms with Crippen molar-refractivity contribution in [2.24, 2.45) is 0 Å². The molecule has 0 saturated carbocycles. The number of aromatic carboxylic acids is 1. The van der Waals surface area contributed by atoms with Crippen molar-refractivity contribution in [2.75, 3.05) is 0 Å². The van der Waals surface area contributed by atoms with Crippen LogP contribution in [0.15, 0.2) is 41.3 Å². The molecule has 0 fully saturated rings. The van der Waals surface area contributed by atoms with Gasteiger partial charge in [0.1, 0.15) is 5.82 Å². The zero-order chi connectivity index (χ0) is 15.6. The van der Waals surface area contributed by atoms with Crippen LogP contribution in [0.1, 0.15) is 15.9 Å². The van der Waals surface area contributed by atoms with Crippen LogP contribution < -0.4 is 0 Å². The van der Waals surface area contributed by atoms with Gasteiger partial charge in [-0.3, -0.25) is 4.21 Å². The fraction of sp³-hybridized carbons (Fsp3) is 0.0714. The van der Waals surface area contributed by atoms with E-state index in [1.54, 1.807) is 6.07 Å². The Morgan fingerprint density at radius 3 is 2.43 bits per heavy atom. The van der Waals surface area contributed by atoms with Crippen LogP contribution in [0.2, 0.25) is 10.0 Å². The monoisotopic (exact) mass is 346 g/mol. The van der Waals surface area contributed by atoms with Gasteiger partial charge in [-0.1, -0.05) is 29.3 Å². The predicted molar refractivity (Wildman–Crippen MR) is 79.9 cm³/mol. The van der Waals surface area contributed by atoms with Crippen molar-refractivity contribution < 1.29 is 18.5 Å². The van der Waals surface area contributed by atoms with E-state index in [4.69, 9.17) is 28.3 Å². The summed E-state index contributed by atoms with van der Waals surface area (Å²) >= 11 is 11.3. The van der Waals surface area contributed by atoms with Crippen LogP contribution in [0.5, 0.6) is 0 Å². The average Bonchev–Trinajstić information content (AvgIpc) is 2.43. The smallest absolute Gasteiger partial charge is 0.337 e. The topological polar surface area (TPSA) is 54.4 Å². The molecule has 110 valence electrons. The molecule has 1 unspecified atom stereocenters. The Bertz CT molecular complexity index is 734. The van der Waals surface area contributed by atoms with Gasteiger partial charge in [0.25, 0.3) is 0 Å². The van der Waals surface area contributed by atoms with Crippen molar-refractivity contribution in [3.05, 3.63) is 63.4 Å². The number of carboxylic acids is 1. The first-order valence-corrected chi connectivity index (χ1v) is 7.81. The molecule has 0 spiro atoms. The van der Waals surface area contributed by atoms with Crippen LogP contribution in [0, 0.1) is 5.82 Å². The van der Waals surface area contributed by atoms with Gasteiger partial charge in [-0.05, 0) is 35.9 Å². The molecule has 0 aliphatic carbocycles. The second-order valence-electron chi connectivity index (χ2n) is 4.19. The minimum atomic E-state index is -1.52. The summed E-state index contributed by atoms with van der Waals surface area (Å²) in [6.07, 6.45) is 0. The van der Waals surface area contributed by atoms with E-state index in [1.807, 2.05) is 0 Å². The Balaban J connectivity index is 2.26. The molecule has 0 aromatic heterocycles. The van der Waals surface area contributed by atoms with Crippen molar-refractivity contribution >= 4 is 40.0 Å². The largest absolute Gasteiger partial charge is 0.478 e. The minimum absolute atomic E-state index is 0.0100. The van der Waals surface area contributed by atoms with Gasteiger partial charge in [-0.25, -0.2) is 9.18 Å². The minimum Gasteiger partial charge on any atom is -0.478 e. The lowest BCUT2D eigenvalue weighted by Crippen LogP contribution is -2.02. The molecule has 0 aliphatic rings. The molecule has 0 saturated heterocycles. The highest BCUT2D eigenvalue weighted by Gasteiger charge is 2.13. The molecule has 0 heterocycles. The zero-order valence-corrected chi connectivity index (χ0v) is 12.8. The summed E-state index contributed by atoms with van der Waals surface area (Å²) in [6, 6.07) is 8.27. The molecule has 2 rings (SSSR count). The maximum atomic E-state index is 13.3. The van der Waals surface area contributed by atoms with Crippen LogP contribution in [-0.2, 0) is 16.6 Å². The summed E-state index contributed by atoms with van der Waals surface area (Å²) in [6.45, 7) is 0.